The zero-order valence-electron chi connectivity index (χ0n) is 16.4. The molecule has 0 amide bonds. The number of nitriles is 2. The molecule has 1 fully saturated rings. The summed E-state index contributed by atoms with van der Waals surface area (Å²) < 4.78 is 0. The van der Waals surface area contributed by atoms with Gasteiger partial charge in [0.15, 0.2) is 0 Å². The highest BCUT2D eigenvalue weighted by Crippen LogP contribution is 2.45. The Bertz CT molecular complexity index is 1350. The van der Waals surface area contributed by atoms with Crippen molar-refractivity contribution in [2.24, 2.45) is 5.92 Å². The van der Waals surface area contributed by atoms with Gasteiger partial charge in [-0.25, -0.2) is 4.98 Å². The smallest absolute Gasteiger partial charge is 0.119 e. The molecular weight excluding hydrogens is 410 g/mol. The number of aliphatic hydroxyl groups excluding tert-OH is 1. The molecule has 0 bridgehead atoms. The highest BCUT2D eigenvalue weighted by atomic mass is 32.1. The molecule has 4 aromatic rings. The molecule has 0 unspecified atom stereocenters. The molecule has 3 heterocycles. The zero-order valence-corrected chi connectivity index (χ0v) is 17.2. The molecule has 8 nitrogen and oxygen atoms in total. The van der Waals surface area contributed by atoms with Gasteiger partial charge in [0.2, 0.25) is 0 Å². The molecular formula is C22H17N7OS. The monoisotopic (exact) mass is 427 g/mol. The Balaban J connectivity index is 1.61. The van der Waals surface area contributed by atoms with E-state index in [9.17, 15) is 15.6 Å². The maximum Gasteiger partial charge on any atom is 0.119 e. The SMILES string of the molecule is N#CCC1(n2ncc(-c3cc(-c4cnc(CO)s4)cc4ncccc34)n2)CC(C#N)C1. The summed E-state index contributed by atoms with van der Waals surface area (Å²) in [4.78, 5) is 11.3. The maximum absolute atomic E-state index is 9.36. The Morgan fingerprint density at radius 2 is 2.10 bits per heavy atom. The third kappa shape index (κ3) is 3.25. The van der Waals surface area contributed by atoms with Crippen LogP contribution in [0, 0.1) is 28.6 Å². The third-order valence-corrected chi connectivity index (χ3v) is 6.76. The molecule has 1 saturated carbocycles. The molecule has 9 heteroatoms. The normalized spacial score (nSPS) is 20.2. The first-order valence-corrected chi connectivity index (χ1v) is 10.6. The van der Waals surface area contributed by atoms with Gasteiger partial charge in [0, 0.05) is 23.3 Å². The highest BCUT2D eigenvalue weighted by molar-refractivity contribution is 7.15. The fourth-order valence-corrected chi connectivity index (χ4v) is 4.91. The number of thiazole rings is 1. The van der Waals surface area contributed by atoms with Gasteiger partial charge in [0.25, 0.3) is 0 Å². The van der Waals surface area contributed by atoms with Crippen LogP contribution in [0.1, 0.15) is 24.3 Å². The van der Waals surface area contributed by atoms with Crippen LogP contribution < -0.4 is 0 Å². The number of aliphatic hydroxyl groups is 1. The average molecular weight is 427 g/mol. The summed E-state index contributed by atoms with van der Waals surface area (Å²) >= 11 is 1.43. The second-order valence-electron chi connectivity index (χ2n) is 7.68. The van der Waals surface area contributed by atoms with Crippen LogP contribution in [-0.2, 0) is 12.1 Å². The highest BCUT2D eigenvalue weighted by Gasteiger charge is 2.48. The van der Waals surface area contributed by atoms with Gasteiger partial charge in [-0.2, -0.15) is 25.5 Å². The molecule has 1 aliphatic rings. The Hall–Kier alpha value is -3.66. The van der Waals surface area contributed by atoms with Crippen LogP contribution in [0.25, 0.3) is 32.6 Å². The predicted octanol–water partition coefficient (Wildman–Crippen LogP) is 3.65. The number of fused-ring (bicyclic) bond motifs is 1. The van der Waals surface area contributed by atoms with Crippen molar-refractivity contribution in [1.29, 1.82) is 10.5 Å². The molecule has 1 aliphatic carbocycles. The number of aromatic nitrogens is 5. The van der Waals surface area contributed by atoms with Gasteiger partial charge in [-0.15, -0.1) is 11.3 Å². The molecule has 0 spiro atoms. The van der Waals surface area contributed by atoms with Crippen molar-refractivity contribution in [1.82, 2.24) is 25.0 Å². The van der Waals surface area contributed by atoms with E-state index in [2.05, 4.69) is 27.2 Å². The summed E-state index contributed by atoms with van der Waals surface area (Å²) in [5.41, 5.74) is 2.81. The van der Waals surface area contributed by atoms with Gasteiger partial charge in [0.1, 0.15) is 10.7 Å². The van der Waals surface area contributed by atoms with Crippen LogP contribution in [0.3, 0.4) is 0 Å². The summed E-state index contributed by atoms with van der Waals surface area (Å²) in [6.45, 7) is -0.0949. The zero-order chi connectivity index (χ0) is 21.4. The quantitative estimate of drug-likeness (QED) is 0.515. The average Bonchev–Trinajstić information content (AvgIpc) is 3.45. The van der Waals surface area contributed by atoms with E-state index in [4.69, 9.17) is 5.10 Å². The number of nitrogens with zero attached hydrogens (tertiary/aromatic N) is 7. The Kier molecular flexibility index (Phi) is 4.70. The van der Waals surface area contributed by atoms with Crippen molar-refractivity contribution in [2.75, 3.05) is 0 Å². The van der Waals surface area contributed by atoms with Gasteiger partial charge in [0.05, 0.1) is 53.2 Å². The van der Waals surface area contributed by atoms with Crippen LogP contribution in [0.2, 0.25) is 0 Å². The minimum absolute atomic E-state index is 0.0665. The number of hydrogen-bond acceptors (Lipinski definition) is 8. The van der Waals surface area contributed by atoms with E-state index in [1.165, 1.54) is 11.3 Å². The standard InChI is InChI=1S/C22H17N7OS/c23-4-3-22(8-14(9-22)10-24)29-27-11-19(28-29)17-6-15(20-12-26-21(13-30)31-20)7-18-16(17)2-1-5-25-18/h1-2,5-7,11-12,14,30H,3,8-9,13H2. The van der Waals surface area contributed by atoms with E-state index < -0.39 is 5.54 Å². The van der Waals surface area contributed by atoms with Crippen LogP contribution in [0.4, 0.5) is 0 Å². The largest absolute Gasteiger partial charge is 0.389 e. The van der Waals surface area contributed by atoms with Crippen molar-refractivity contribution in [2.45, 2.75) is 31.4 Å². The fourth-order valence-electron chi connectivity index (χ4n) is 4.14. The molecule has 0 radical (unpaired) electrons. The van der Waals surface area contributed by atoms with Crippen LogP contribution in [0.5, 0.6) is 0 Å². The predicted molar refractivity (Wildman–Crippen MR) is 114 cm³/mol. The second-order valence-corrected chi connectivity index (χ2v) is 8.80. The van der Waals surface area contributed by atoms with Crippen LogP contribution in [-0.4, -0.2) is 30.1 Å². The Morgan fingerprint density at radius 3 is 2.84 bits per heavy atom. The first-order chi connectivity index (χ1) is 15.2. The molecule has 3 aromatic heterocycles. The minimum atomic E-state index is -0.521. The summed E-state index contributed by atoms with van der Waals surface area (Å²) in [6, 6.07) is 12.4. The van der Waals surface area contributed by atoms with E-state index in [1.54, 1.807) is 23.4 Å². The van der Waals surface area contributed by atoms with Crippen molar-refractivity contribution >= 4 is 22.2 Å². The van der Waals surface area contributed by atoms with E-state index in [-0.39, 0.29) is 18.9 Å². The maximum atomic E-state index is 9.36. The van der Waals surface area contributed by atoms with E-state index in [0.29, 0.717) is 23.5 Å². The second kappa shape index (κ2) is 7.55. The third-order valence-electron chi connectivity index (χ3n) is 5.73. The lowest BCUT2D eigenvalue weighted by atomic mass is 9.68. The lowest BCUT2D eigenvalue weighted by Gasteiger charge is -2.42. The molecule has 152 valence electrons. The first-order valence-electron chi connectivity index (χ1n) is 9.80. The van der Waals surface area contributed by atoms with E-state index in [0.717, 1.165) is 26.9 Å². The Morgan fingerprint density at radius 1 is 1.23 bits per heavy atom. The molecule has 1 N–H and O–H groups in total. The van der Waals surface area contributed by atoms with E-state index >= 15 is 0 Å². The molecule has 1 aromatic carbocycles. The van der Waals surface area contributed by atoms with Crippen molar-refractivity contribution < 1.29 is 5.11 Å². The summed E-state index contributed by atoms with van der Waals surface area (Å²) in [5.74, 6) is -0.0665. The van der Waals surface area contributed by atoms with Gasteiger partial charge in [-0.1, -0.05) is 6.07 Å². The number of hydrogen-bond donors (Lipinski definition) is 1. The minimum Gasteiger partial charge on any atom is -0.389 e. The van der Waals surface area contributed by atoms with Gasteiger partial charge >= 0.3 is 0 Å². The molecule has 0 atom stereocenters. The molecule has 0 saturated heterocycles. The topological polar surface area (TPSA) is 124 Å². The summed E-state index contributed by atoms with van der Waals surface area (Å²) in [6.07, 6.45) is 6.63. The lowest BCUT2D eigenvalue weighted by molar-refractivity contribution is 0.0713. The summed E-state index contributed by atoms with van der Waals surface area (Å²) in [7, 11) is 0. The number of pyridine rings is 1. The van der Waals surface area contributed by atoms with Gasteiger partial charge in [-0.05, 0) is 36.6 Å². The van der Waals surface area contributed by atoms with Crippen molar-refractivity contribution in [3.8, 4) is 33.8 Å². The van der Waals surface area contributed by atoms with Gasteiger partial charge < -0.3 is 5.11 Å². The van der Waals surface area contributed by atoms with Crippen LogP contribution in [0.15, 0.2) is 42.9 Å². The van der Waals surface area contributed by atoms with E-state index in [1.807, 2.05) is 24.3 Å². The van der Waals surface area contributed by atoms with Crippen LogP contribution >= 0.6 is 11.3 Å². The lowest BCUT2D eigenvalue weighted by Crippen LogP contribution is -2.47. The first kappa shape index (κ1) is 19.3. The molecule has 0 aliphatic heterocycles. The van der Waals surface area contributed by atoms with Crippen molar-refractivity contribution in [3.05, 3.63) is 47.9 Å². The number of rotatable bonds is 5. The molecule has 5 rings (SSSR count). The number of benzene rings is 1. The molecule has 31 heavy (non-hydrogen) atoms. The Labute approximate surface area is 182 Å². The fraction of sp³-hybridized carbons (Fsp3) is 0.273. The van der Waals surface area contributed by atoms with Crippen molar-refractivity contribution in [3.63, 3.8) is 0 Å². The van der Waals surface area contributed by atoms with Gasteiger partial charge in [-0.3, -0.25) is 4.98 Å². The summed E-state index contributed by atoms with van der Waals surface area (Å²) in [5, 5.41) is 38.7.